The molecule has 1 aromatic heterocycles. The Hall–Kier alpha value is -3.20. The van der Waals surface area contributed by atoms with Gasteiger partial charge in [0, 0.05) is 49.6 Å². The van der Waals surface area contributed by atoms with Gasteiger partial charge in [-0.15, -0.1) is 0 Å². The van der Waals surface area contributed by atoms with Crippen LogP contribution in [0.2, 0.25) is 0 Å². The Bertz CT molecular complexity index is 1380. The maximum absolute atomic E-state index is 14.4. The molecule has 1 saturated heterocycles. The lowest BCUT2D eigenvalue weighted by molar-refractivity contribution is -0.137. The van der Waals surface area contributed by atoms with E-state index in [1.807, 2.05) is 63.0 Å². The topological polar surface area (TPSA) is 78.2 Å². The van der Waals surface area contributed by atoms with Crippen molar-refractivity contribution in [3.05, 3.63) is 59.8 Å². The van der Waals surface area contributed by atoms with Crippen LogP contribution in [0.15, 0.2) is 48.5 Å². The second-order valence-corrected chi connectivity index (χ2v) is 11.6. The minimum Gasteiger partial charge on any atom is -0.394 e. The Labute approximate surface area is 237 Å². The maximum atomic E-state index is 14.4. The van der Waals surface area contributed by atoms with E-state index in [0.717, 1.165) is 47.0 Å². The van der Waals surface area contributed by atoms with Crippen LogP contribution in [0.4, 0.5) is 0 Å². The molecule has 5 rings (SSSR count). The van der Waals surface area contributed by atoms with Crippen LogP contribution in [0.25, 0.3) is 22.0 Å². The average molecular weight is 547 g/mol. The molecule has 0 saturated carbocycles. The summed E-state index contributed by atoms with van der Waals surface area (Å²) in [6, 6.07) is 15.7. The predicted octanol–water partition coefficient (Wildman–Crippen LogP) is 3.76. The third-order valence-corrected chi connectivity index (χ3v) is 8.86. The molecule has 3 heterocycles. The van der Waals surface area contributed by atoms with Crippen molar-refractivity contribution in [1.82, 2.24) is 19.3 Å². The molecule has 2 aliphatic rings. The summed E-state index contributed by atoms with van der Waals surface area (Å²) in [5.41, 5.74) is 4.44. The van der Waals surface area contributed by atoms with Crippen molar-refractivity contribution in [2.75, 3.05) is 40.3 Å². The van der Waals surface area contributed by atoms with Crippen LogP contribution < -0.4 is 0 Å². The lowest BCUT2D eigenvalue weighted by atomic mass is 9.96. The van der Waals surface area contributed by atoms with Gasteiger partial charge in [-0.1, -0.05) is 49.4 Å². The minimum absolute atomic E-state index is 0.0853. The van der Waals surface area contributed by atoms with Gasteiger partial charge in [0.15, 0.2) is 0 Å². The maximum Gasteiger partial charge on any atom is 0.271 e. The van der Waals surface area contributed by atoms with Gasteiger partial charge in [0.2, 0.25) is 5.91 Å². The predicted molar refractivity (Wildman–Crippen MR) is 157 cm³/mol. The molecule has 0 radical (unpaired) electrons. The van der Waals surface area contributed by atoms with Crippen molar-refractivity contribution < 1.29 is 19.4 Å². The molecule has 0 spiro atoms. The molecule has 8 heteroatoms. The SMILES string of the molecule is C[C@@H]1CN([C@@H](C)CO)C(=O)c2c(c3ccccc3n2C)-c2ccccc2CO[C@H]1CN(C)C(=O)[C@@H]1CCCN1C. The van der Waals surface area contributed by atoms with Crippen LogP contribution in [0.5, 0.6) is 0 Å². The molecule has 2 amide bonds. The molecule has 3 aromatic rings. The first kappa shape index (κ1) is 28.3. The molecule has 4 atom stereocenters. The van der Waals surface area contributed by atoms with E-state index >= 15 is 0 Å². The fourth-order valence-corrected chi connectivity index (χ4v) is 6.36. The third kappa shape index (κ3) is 5.16. The van der Waals surface area contributed by atoms with E-state index in [0.29, 0.717) is 25.4 Å². The number of likely N-dealkylation sites (tertiary alicyclic amines) is 1. The van der Waals surface area contributed by atoms with Crippen molar-refractivity contribution in [1.29, 1.82) is 0 Å². The number of benzene rings is 2. The van der Waals surface area contributed by atoms with E-state index in [2.05, 4.69) is 30.0 Å². The van der Waals surface area contributed by atoms with Crippen molar-refractivity contribution in [3.63, 3.8) is 0 Å². The summed E-state index contributed by atoms with van der Waals surface area (Å²) in [6.07, 6.45) is 1.60. The molecule has 2 aromatic carbocycles. The lowest BCUT2D eigenvalue weighted by Crippen LogP contribution is -2.49. The standard InChI is InChI=1S/C32H42N4O4/c1-21-17-36(22(2)19-37)32(39)30-29(25-13-8-9-14-26(25)35(30)5)24-12-7-6-11-23(24)20-40-28(21)18-34(4)31(38)27-15-10-16-33(27)3/h6-9,11-14,21-22,27-28,37H,10,15-20H2,1-5H3/t21-,22+,27+,28+/m1/s1. The number of aliphatic hydroxyl groups excluding tert-OH is 1. The van der Waals surface area contributed by atoms with Crippen LogP contribution in [-0.2, 0) is 23.2 Å². The molecule has 214 valence electrons. The minimum atomic E-state index is -0.385. The van der Waals surface area contributed by atoms with Crippen LogP contribution >= 0.6 is 0 Å². The highest BCUT2D eigenvalue weighted by Gasteiger charge is 2.35. The number of para-hydroxylation sites is 1. The molecule has 1 fully saturated rings. The van der Waals surface area contributed by atoms with Gasteiger partial charge >= 0.3 is 0 Å². The monoisotopic (exact) mass is 546 g/mol. The van der Waals surface area contributed by atoms with Gasteiger partial charge in [-0.3, -0.25) is 14.5 Å². The van der Waals surface area contributed by atoms with Gasteiger partial charge < -0.3 is 24.2 Å². The molecule has 1 N–H and O–H groups in total. The Morgan fingerprint density at radius 1 is 1.15 bits per heavy atom. The lowest BCUT2D eigenvalue weighted by Gasteiger charge is -2.35. The highest BCUT2D eigenvalue weighted by atomic mass is 16.5. The summed E-state index contributed by atoms with van der Waals surface area (Å²) in [7, 11) is 5.80. The van der Waals surface area contributed by atoms with Gasteiger partial charge in [0.25, 0.3) is 5.91 Å². The fourth-order valence-electron chi connectivity index (χ4n) is 6.36. The first-order valence-corrected chi connectivity index (χ1v) is 14.4. The number of amides is 2. The van der Waals surface area contributed by atoms with Crippen LogP contribution in [0.1, 0.15) is 42.7 Å². The van der Waals surface area contributed by atoms with Gasteiger partial charge in [0.1, 0.15) is 5.69 Å². The van der Waals surface area contributed by atoms with Gasteiger partial charge in [-0.05, 0) is 50.6 Å². The smallest absolute Gasteiger partial charge is 0.271 e. The Kier molecular flexibility index (Phi) is 8.31. The molecule has 0 aliphatic carbocycles. The largest absolute Gasteiger partial charge is 0.394 e. The number of ether oxygens (including phenoxy) is 1. The normalized spacial score (nSPS) is 23.0. The summed E-state index contributed by atoms with van der Waals surface area (Å²) in [6.45, 7) is 5.92. The zero-order valence-electron chi connectivity index (χ0n) is 24.3. The highest BCUT2D eigenvalue weighted by Crippen LogP contribution is 2.38. The molecule has 0 bridgehead atoms. The Balaban J connectivity index is 1.58. The van der Waals surface area contributed by atoms with Gasteiger partial charge in [-0.25, -0.2) is 0 Å². The number of rotatable bonds is 5. The van der Waals surface area contributed by atoms with Crippen molar-refractivity contribution in [2.24, 2.45) is 13.0 Å². The van der Waals surface area contributed by atoms with Crippen molar-refractivity contribution in [3.8, 4) is 11.1 Å². The van der Waals surface area contributed by atoms with Crippen molar-refractivity contribution in [2.45, 2.75) is 51.5 Å². The molecule has 8 nitrogen and oxygen atoms in total. The van der Waals surface area contributed by atoms with E-state index in [9.17, 15) is 14.7 Å². The van der Waals surface area contributed by atoms with E-state index in [1.54, 1.807) is 9.80 Å². The molecular weight excluding hydrogens is 504 g/mol. The average Bonchev–Trinajstić information content (AvgIpc) is 3.52. The number of aromatic nitrogens is 1. The quantitative estimate of drug-likeness (QED) is 0.528. The molecule has 2 aliphatic heterocycles. The summed E-state index contributed by atoms with van der Waals surface area (Å²) < 4.78 is 8.62. The molecule has 40 heavy (non-hydrogen) atoms. The highest BCUT2D eigenvalue weighted by molar-refractivity contribution is 6.10. The summed E-state index contributed by atoms with van der Waals surface area (Å²) in [5.74, 6) is -0.0893. The van der Waals surface area contributed by atoms with Crippen molar-refractivity contribution >= 4 is 22.7 Å². The first-order chi connectivity index (χ1) is 19.2. The van der Waals surface area contributed by atoms with Gasteiger partial charge in [0.05, 0.1) is 31.4 Å². The third-order valence-electron chi connectivity index (χ3n) is 8.86. The molecular formula is C32H42N4O4. The number of nitrogens with zero attached hydrogens (tertiary/aromatic N) is 4. The van der Waals surface area contributed by atoms with E-state index < -0.39 is 0 Å². The van der Waals surface area contributed by atoms with E-state index in [-0.39, 0.29) is 42.5 Å². The number of hydrogen-bond donors (Lipinski definition) is 1. The van der Waals surface area contributed by atoms with Gasteiger partial charge in [-0.2, -0.15) is 0 Å². The van der Waals surface area contributed by atoms with E-state index in [1.165, 1.54) is 0 Å². The number of fused-ring (bicyclic) bond motifs is 5. The summed E-state index contributed by atoms with van der Waals surface area (Å²) in [4.78, 5) is 33.5. The number of aliphatic hydroxyl groups is 1. The Morgan fingerprint density at radius 3 is 2.60 bits per heavy atom. The Morgan fingerprint density at radius 2 is 1.88 bits per heavy atom. The first-order valence-electron chi connectivity index (χ1n) is 14.4. The number of aryl methyl sites for hydroxylation is 1. The van der Waals surface area contributed by atoms with E-state index in [4.69, 9.17) is 4.74 Å². The zero-order valence-corrected chi connectivity index (χ0v) is 24.3. The number of carbonyl (C=O) groups is 2. The zero-order chi connectivity index (χ0) is 28.6. The fraction of sp³-hybridized carbons (Fsp3) is 0.500. The number of carbonyl (C=O) groups excluding carboxylic acids is 2. The van der Waals surface area contributed by atoms with Crippen LogP contribution in [0.3, 0.4) is 0 Å². The summed E-state index contributed by atoms with van der Waals surface area (Å²) >= 11 is 0. The van der Waals surface area contributed by atoms with Crippen LogP contribution in [0, 0.1) is 5.92 Å². The number of hydrogen-bond acceptors (Lipinski definition) is 5. The number of likely N-dealkylation sites (N-methyl/N-ethyl adjacent to an activating group) is 2. The summed E-state index contributed by atoms with van der Waals surface area (Å²) in [5, 5.41) is 11.2. The second kappa shape index (κ2) is 11.7. The van der Waals surface area contributed by atoms with Crippen LogP contribution in [-0.4, -0.2) is 94.7 Å². The second-order valence-electron chi connectivity index (χ2n) is 11.6. The molecule has 0 unspecified atom stereocenters.